The van der Waals surface area contributed by atoms with Crippen molar-refractivity contribution < 1.29 is 0 Å². The summed E-state index contributed by atoms with van der Waals surface area (Å²) in [6.45, 7) is 10.4. The Hall–Kier alpha value is -0.0400. The van der Waals surface area contributed by atoms with Crippen LogP contribution in [0.2, 0.25) is 0 Å². The highest BCUT2D eigenvalue weighted by Gasteiger charge is 2.03. The van der Waals surface area contributed by atoms with Crippen LogP contribution in [0.3, 0.4) is 0 Å². The highest BCUT2D eigenvalue weighted by Crippen LogP contribution is 2.06. The lowest BCUT2D eigenvalue weighted by Gasteiger charge is -2.16. The Labute approximate surface area is 90.7 Å². The van der Waals surface area contributed by atoms with Gasteiger partial charge >= 0.3 is 0 Å². The molecule has 1 heteroatoms. The summed E-state index contributed by atoms with van der Waals surface area (Å²) in [5, 5.41) is 3.66. The summed E-state index contributed by atoms with van der Waals surface area (Å²) in [7, 11) is 0. The highest BCUT2D eigenvalue weighted by atomic mass is 14.9. The maximum absolute atomic E-state index is 3.66. The van der Waals surface area contributed by atoms with Crippen LogP contribution in [0, 0.1) is 5.92 Å². The van der Waals surface area contributed by atoms with Gasteiger partial charge in [-0.05, 0) is 38.1 Å². The number of nitrogens with one attached hydrogen (secondary N) is 1. The molecule has 0 aromatic carbocycles. The lowest BCUT2D eigenvalue weighted by Crippen LogP contribution is -2.29. The molecule has 0 aromatic rings. The van der Waals surface area contributed by atoms with E-state index in [1.165, 1.54) is 45.1 Å². The van der Waals surface area contributed by atoms with Crippen LogP contribution < -0.4 is 5.32 Å². The fourth-order valence-electron chi connectivity index (χ4n) is 1.72. The van der Waals surface area contributed by atoms with E-state index in [0.29, 0.717) is 0 Å². The Morgan fingerprint density at radius 1 is 1.00 bits per heavy atom. The molecule has 0 rings (SSSR count). The van der Waals surface area contributed by atoms with Crippen molar-refractivity contribution >= 4 is 0 Å². The Kier molecular flexibility index (Phi) is 9.49. The van der Waals surface area contributed by atoms with E-state index in [9.17, 15) is 0 Å². The summed E-state index contributed by atoms with van der Waals surface area (Å²) in [6.07, 6.45) is 8.02. The molecule has 0 saturated heterocycles. The summed E-state index contributed by atoms with van der Waals surface area (Å²) in [4.78, 5) is 0. The summed E-state index contributed by atoms with van der Waals surface area (Å²) < 4.78 is 0. The first-order valence-corrected chi connectivity index (χ1v) is 6.44. The first kappa shape index (κ1) is 14.0. The first-order chi connectivity index (χ1) is 6.70. The monoisotopic (exact) mass is 199 g/mol. The zero-order valence-corrected chi connectivity index (χ0v) is 10.6. The molecule has 0 amide bonds. The average molecular weight is 199 g/mol. The molecule has 0 aliphatic heterocycles. The van der Waals surface area contributed by atoms with Crippen molar-refractivity contribution in [2.24, 2.45) is 5.92 Å². The Morgan fingerprint density at radius 3 is 2.21 bits per heavy atom. The number of hydrogen-bond acceptors (Lipinski definition) is 1. The van der Waals surface area contributed by atoms with E-state index in [1.54, 1.807) is 0 Å². The zero-order valence-electron chi connectivity index (χ0n) is 10.6. The second-order valence-corrected chi connectivity index (χ2v) is 4.74. The van der Waals surface area contributed by atoms with E-state index >= 15 is 0 Å². The molecule has 1 unspecified atom stereocenters. The third-order valence-corrected chi connectivity index (χ3v) is 2.79. The van der Waals surface area contributed by atoms with E-state index < -0.39 is 0 Å². The molecule has 0 aliphatic rings. The normalized spacial score (nSPS) is 13.5. The molecule has 0 bridgehead atoms. The fourth-order valence-corrected chi connectivity index (χ4v) is 1.72. The molecule has 0 spiro atoms. The van der Waals surface area contributed by atoms with Gasteiger partial charge in [-0.2, -0.15) is 0 Å². The van der Waals surface area contributed by atoms with Crippen LogP contribution in [0.25, 0.3) is 0 Å². The summed E-state index contributed by atoms with van der Waals surface area (Å²) in [6, 6.07) is 0.766. The molecule has 0 fully saturated rings. The third kappa shape index (κ3) is 8.55. The van der Waals surface area contributed by atoms with Crippen molar-refractivity contribution in [1.29, 1.82) is 0 Å². The Balaban J connectivity index is 3.33. The van der Waals surface area contributed by atoms with E-state index in [1.807, 2.05) is 0 Å². The third-order valence-electron chi connectivity index (χ3n) is 2.79. The minimum atomic E-state index is 0.766. The summed E-state index contributed by atoms with van der Waals surface area (Å²) >= 11 is 0. The second kappa shape index (κ2) is 9.51. The molecule has 0 heterocycles. The first-order valence-electron chi connectivity index (χ1n) is 6.44. The van der Waals surface area contributed by atoms with Crippen molar-refractivity contribution in [3.8, 4) is 0 Å². The van der Waals surface area contributed by atoms with Crippen molar-refractivity contribution in [2.45, 2.75) is 72.3 Å². The van der Waals surface area contributed by atoms with Crippen LogP contribution >= 0.6 is 0 Å². The number of unbranched alkanes of at least 4 members (excludes halogenated alkanes) is 1. The molecule has 0 saturated carbocycles. The van der Waals surface area contributed by atoms with Crippen LogP contribution in [0.1, 0.15) is 66.2 Å². The minimum absolute atomic E-state index is 0.766. The molecule has 0 aromatic heterocycles. The molecule has 1 N–H and O–H groups in total. The van der Waals surface area contributed by atoms with E-state index in [4.69, 9.17) is 0 Å². The van der Waals surface area contributed by atoms with Crippen molar-refractivity contribution in [1.82, 2.24) is 5.32 Å². The minimum Gasteiger partial charge on any atom is -0.314 e. The van der Waals surface area contributed by atoms with Crippen molar-refractivity contribution in [3.05, 3.63) is 0 Å². The van der Waals surface area contributed by atoms with Gasteiger partial charge < -0.3 is 5.32 Å². The van der Waals surface area contributed by atoms with E-state index in [2.05, 4.69) is 33.0 Å². The van der Waals surface area contributed by atoms with Crippen molar-refractivity contribution in [2.75, 3.05) is 6.54 Å². The molecular formula is C13H29N. The molecule has 14 heavy (non-hydrogen) atoms. The largest absolute Gasteiger partial charge is 0.314 e. The van der Waals surface area contributed by atoms with Gasteiger partial charge in [0.05, 0.1) is 0 Å². The van der Waals surface area contributed by atoms with Crippen molar-refractivity contribution in [3.63, 3.8) is 0 Å². The summed E-state index contributed by atoms with van der Waals surface area (Å²) in [5.41, 5.74) is 0. The lowest BCUT2D eigenvalue weighted by molar-refractivity contribution is 0.433. The van der Waals surface area contributed by atoms with Gasteiger partial charge in [0.15, 0.2) is 0 Å². The topological polar surface area (TPSA) is 12.0 Å². The van der Waals surface area contributed by atoms with Crippen LogP contribution in [-0.4, -0.2) is 12.6 Å². The maximum Gasteiger partial charge on any atom is 0.00644 e. The second-order valence-electron chi connectivity index (χ2n) is 4.74. The summed E-state index contributed by atoms with van der Waals surface area (Å²) in [5.74, 6) is 0.854. The number of rotatable bonds is 9. The molecule has 86 valence electrons. The lowest BCUT2D eigenvalue weighted by atomic mass is 10.1. The smallest absolute Gasteiger partial charge is 0.00644 e. The fraction of sp³-hybridized carbons (Fsp3) is 1.00. The van der Waals surface area contributed by atoms with Crippen LogP contribution in [-0.2, 0) is 0 Å². The standard InChI is InChI=1S/C13H29N/c1-5-7-10-13(6-2)14-11-8-9-12(3)4/h12-14H,5-11H2,1-4H3. The van der Waals surface area contributed by atoms with Gasteiger partial charge in [-0.1, -0.05) is 40.5 Å². The van der Waals surface area contributed by atoms with Gasteiger partial charge in [-0.25, -0.2) is 0 Å². The van der Waals surface area contributed by atoms with Gasteiger partial charge in [-0.15, -0.1) is 0 Å². The SMILES string of the molecule is CCCCC(CC)NCCCC(C)C. The highest BCUT2D eigenvalue weighted by molar-refractivity contribution is 4.64. The maximum atomic E-state index is 3.66. The van der Waals surface area contributed by atoms with Gasteiger partial charge in [0.2, 0.25) is 0 Å². The van der Waals surface area contributed by atoms with Gasteiger partial charge in [-0.3, -0.25) is 0 Å². The van der Waals surface area contributed by atoms with Gasteiger partial charge in [0.1, 0.15) is 0 Å². The van der Waals surface area contributed by atoms with E-state index in [-0.39, 0.29) is 0 Å². The van der Waals surface area contributed by atoms with E-state index in [0.717, 1.165) is 12.0 Å². The zero-order chi connectivity index (χ0) is 10.8. The Bertz CT molecular complexity index is 110. The number of hydrogen-bond donors (Lipinski definition) is 1. The van der Waals surface area contributed by atoms with Crippen LogP contribution in [0.4, 0.5) is 0 Å². The molecular weight excluding hydrogens is 170 g/mol. The van der Waals surface area contributed by atoms with Crippen LogP contribution in [0.5, 0.6) is 0 Å². The predicted octanol–water partition coefficient (Wildman–Crippen LogP) is 3.98. The Morgan fingerprint density at radius 2 is 1.71 bits per heavy atom. The molecule has 1 atom stereocenters. The van der Waals surface area contributed by atoms with Gasteiger partial charge in [0.25, 0.3) is 0 Å². The predicted molar refractivity (Wildman–Crippen MR) is 65.7 cm³/mol. The molecule has 0 aliphatic carbocycles. The quantitative estimate of drug-likeness (QED) is 0.554. The molecule has 1 nitrogen and oxygen atoms in total. The average Bonchev–Trinajstić information content (AvgIpc) is 2.16. The molecule has 0 radical (unpaired) electrons. The van der Waals surface area contributed by atoms with Gasteiger partial charge in [0, 0.05) is 6.04 Å². The van der Waals surface area contributed by atoms with Crippen LogP contribution in [0.15, 0.2) is 0 Å².